The fourth-order valence-corrected chi connectivity index (χ4v) is 2.85. The van der Waals surface area contributed by atoms with Gasteiger partial charge in [0.1, 0.15) is 5.82 Å². The summed E-state index contributed by atoms with van der Waals surface area (Å²) >= 11 is 0. The van der Waals surface area contributed by atoms with Gasteiger partial charge in [0.05, 0.1) is 6.10 Å². The number of aromatic nitrogens is 1. The van der Waals surface area contributed by atoms with Gasteiger partial charge in [-0.3, -0.25) is 4.79 Å². The van der Waals surface area contributed by atoms with Gasteiger partial charge >= 0.3 is 0 Å². The third kappa shape index (κ3) is 3.73. The average molecular weight is 291 g/mol. The third-order valence-electron chi connectivity index (χ3n) is 4.13. The molecule has 116 valence electrons. The number of anilines is 1. The number of hydrogen-bond donors (Lipinski definition) is 1. The summed E-state index contributed by atoms with van der Waals surface area (Å²) in [7, 11) is 0. The summed E-state index contributed by atoms with van der Waals surface area (Å²) in [5.74, 6) is 0.989. The lowest BCUT2D eigenvalue weighted by Gasteiger charge is -2.39. The van der Waals surface area contributed by atoms with Crippen LogP contribution in [0.5, 0.6) is 0 Å². The van der Waals surface area contributed by atoms with Crippen molar-refractivity contribution in [1.82, 2.24) is 9.88 Å². The van der Waals surface area contributed by atoms with Gasteiger partial charge in [-0.15, -0.1) is 0 Å². The Kier molecular flexibility index (Phi) is 5.17. The SMILES string of the molecule is CC[C@H](O)Cc1cnc(N2CCN(C=O)C[C@@H]2C)c(C)c1. The van der Waals surface area contributed by atoms with Crippen LogP contribution >= 0.6 is 0 Å². The van der Waals surface area contributed by atoms with Gasteiger partial charge in [0.15, 0.2) is 0 Å². The molecule has 0 saturated carbocycles. The zero-order chi connectivity index (χ0) is 15.4. The van der Waals surface area contributed by atoms with E-state index in [1.165, 1.54) is 0 Å². The molecule has 0 unspecified atom stereocenters. The molecule has 1 amide bonds. The first-order chi connectivity index (χ1) is 10.0. The first-order valence-electron chi connectivity index (χ1n) is 7.64. The number of hydrogen-bond acceptors (Lipinski definition) is 4. The fourth-order valence-electron chi connectivity index (χ4n) is 2.85. The first-order valence-corrected chi connectivity index (χ1v) is 7.64. The molecule has 2 heterocycles. The topological polar surface area (TPSA) is 56.7 Å². The Balaban J connectivity index is 2.12. The number of carbonyl (C=O) groups excluding carboxylic acids is 1. The van der Waals surface area contributed by atoms with Crippen LogP contribution in [0.1, 0.15) is 31.4 Å². The molecule has 1 aliphatic heterocycles. The summed E-state index contributed by atoms with van der Waals surface area (Å²) in [5.41, 5.74) is 2.20. The molecule has 5 heteroatoms. The molecule has 1 aromatic heterocycles. The zero-order valence-electron chi connectivity index (χ0n) is 13.1. The number of nitrogens with zero attached hydrogens (tertiary/aromatic N) is 3. The summed E-state index contributed by atoms with van der Waals surface area (Å²) in [6.07, 6.45) is 3.89. The second kappa shape index (κ2) is 6.89. The highest BCUT2D eigenvalue weighted by Crippen LogP contribution is 2.23. The van der Waals surface area contributed by atoms with Crippen molar-refractivity contribution in [3.05, 3.63) is 23.4 Å². The van der Waals surface area contributed by atoms with Crippen molar-refractivity contribution in [2.24, 2.45) is 0 Å². The molecule has 0 spiro atoms. The Bertz CT molecular complexity index is 492. The van der Waals surface area contributed by atoms with Crippen molar-refractivity contribution in [2.45, 2.75) is 45.8 Å². The van der Waals surface area contributed by atoms with E-state index in [-0.39, 0.29) is 12.1 Å². The van der Waals surface area contributed by atoms with E-state index in [4.69, 9.17) is 0 Å². The number of aliphatic hydroxyl groups is 1. The molecule has 1 saturated heterocycles. The Hall–Kier alpha value is -1.62. The van der Waals surface area contributed by atoms with E-state index in [1.54, 1.807) is 0 Å². The highest BCUT2D eigenvalue weighted by Gasteiger charge is 2.24. The lowest BCUT2D eigenvalue weighted by Crippen LogP contribution is -2.52. The van der Waals surface area contributed by atoms with Crippen LogP contribution < -0.4 is 4.90 Å². The maximum absolute atomic E-state index is 10.9. The van der Waals surface area contributed by atoms with E-state index in [1.807, 2.05) is 18.0 Å². The van der Waals surface area contributed by atoms with Crippen molar-refractivity contribution in [3.63, 3.8) is 0 Å². The highest BCUT2D eigenvalue weighted by molar-refractivity contribution is 5.52. The predicted molar refractivity (Wildman–Crippen MR) is 83.4 cm³/mol. The van der Waals surface area contributed by atoms with Crippen LogP contribution in [-0.4, -0.2) is 53.2 Å². The Morgan fingerprint density at radius 3 is 2.86 bits per heavy atom. The summed E-state index contributed by atoms with van der Waals surface area (Å²) < 4.78 is 0. The molecule has 1 N–H and O–H groups in total. The van der Waals surface area contributed by atoms with Gasteiger partial charge in [-0.25, -0.2) is 4.98 Å². The van der Waals surface area contributed by atoms with E-state index < -0.39 is 0 Å². The highest BCUT2D eigenvalue weighted by atomic mass is 16.3. The number of aliphatic hydroxyl groups excluding tert-OH is 1. The average Bonchev–Trinajstić information content (AvgIpc) is 2.48. The van der Waals surface area contributed by atoms with E-state index in [9.17, 15) is 9.90 Å². The summed E-state index contributed by atoms with van der Waals surface area (Å²) in [5, 5.41) is 9.74. The third-order valence-corrected chi connectivity index (χ3v) is 4.13. The largest absolute Gasteiger partial charge is 0.393 e. The van der Waals surface area contributed by atoms with Gasteiger partial charge < -0.3 is 14.9 Å². The van der Waals surface area contributed by atoms with E-state index in [0.29, 0.717) is 6.42 Å². The molecule has 1 fully saturated rings. The molecule has 1 aliphatic rings. The molecule has 2 rings (SSSR count). The standard InChI is InChI=1S/C16H25N3O2/c1-4-15(21)8-14-7-12(2)16(17-9-14)19-6-5-18(11-20)10-13(19)3/h7,9,11,13,15,21H,4-6,8,10H2,1-3H3/t13-,15-/m0/s1. The molecule has 21 heavy (non-hydrogen) atoms. The lowest BCUT2D eigenvalue weighted by molar-refractivity contribution is -0.118. The molecule has 2 atom stereocenters. The van der Waals surface area contributed by atoms with E-state index in [0.717, 1.165) is 49.4 Å². The van der Waals surface area contributed by atoms with Crippen LogP contribution in [0.3, 0.4) is 0 Å². The number of aryl methyl sites for hydroxylation is 1. The van der Waals surface area contributed by atoms with Gasteiger partial charge in [-0.05, 0) is 37.8 Å². The second-order valence-electron chi connectivity index (χ2n) is 5.89. The monoisotopic (exact) mass is 291 g/mol. The van der Waals surface area contributed by atoms with E-state index >= 15 is 0 Å². The number of amides is 1. The van der Waals surface area contributed by atoms with Gasteiger partial charge in [0.2, 0.25) is 6.41 Å². The smallest absolute Gasteiger partial charge is 0.209 e. The van der Waals surface area contributed by atoms with Crippen LogP contribution in [0.15, 0.2) is 12.3 Å². The van der Waals surface area contributed by atoms with Gasteiger partial charge in [-0.1, -0.05) is 13.0 Å². The maximum atomic E-state index is 10.9. The van der Waals surface area contributed by atoms with Crippen molar-refractivity contribution >= 4 is 12.2 Å². The normalized spacial score (nSPS) is 20.5. The second-order valence-corrected chi connectivity index (χ2v) is 5.89. The Morgan fingerprint density at radius 1 is 1.52 bits per heavy atom. The number of rotatable bonds is 5. The van der Waals surface area contributed by atoms with Crippen LogP contribution in [0.4, 0.5) is 5.82 Å². The zero-order valence-corrected chi connectivity index (χ0v) is 13.1. The van der Waals surface area contributed by atoms with Gasteiger partial charge in [0, 0.05) is 31.9 Å². The molecule has 5 nitrogen and oxygen atoms in total. The summed E-state index contributed by atoms with van der Waals surface area (Å²) in [4.78, 5) is 19.5. The van der Waals surface area contributed by atoms with Gasteiger partial charge in [-0.2, -0.15) is 0 Å². The number of piperazine rings is 1. The Morgan fingerprint density at radius 2 is 2.29 bits per heavy atom. The van der Waals surface area contributed by atoms with Crippen LogP contribution in [0, 0.1) is 6.92 Å². The minimum atomic E-state index is -0.299. The summed E-state index contributed by atoms with van der Waals surface area (Å²) in [6.45, 7) is 8.44. The lowest BCUT2D eigenvalue weighted by atomic mass is 10.1. The van der Waals surface area contributed by atoms with Crippen molar-refractivity contribution in [1.29, 1.82) is 0 Å². The maximum Gasteiger partial charge on any atom is 0.209 e. The molecule has 0 aromatic carbocycles. The molecule has 0 bridgehead atoms. The number of pyridine rings is 1. The van der Waals surface area contributed by atoms with Crippen molar-refractivity contribution in [2.75, 3.05) is 24.5 Å². The van der Waals surface area contributed by atoms with Crippen LogP contribution in [-0.2, 0) is 11.2 Å². The molecular weight excluding hydrogens is 266 g/mol. The minimum absolute atomic E-state index is 0.266. The van der Waals surface area contributed by atoms with Crippen LogP contribution in [0.2, 0.25) is 0 Å². The predicted octanol–water partition coefficient (Wildman–Crippen LogP) is 1.37. The molecule has 0 radical (unpaired) electrons. The molecule has 0 aliphatic carbocycles. The first kappa shape index (κ1) is 15.8. The van der Waals surface area contributed by atoms with Crippen LogP contribution in [0.25, 0.3) is 0 Å². The molecular formula is C16H25N3O2. The minimum Gasteiger partial charge on any atom is -0.393 e. The van der Waals surface area contributed by atoms with Crippen molar-refractivity contribution < 1.29 is 9.90 Å². The summed E-state index contributed by atoms with van der Waals surface area (Å²) in [6, 6.07) is 2.38. The van der Waals surface area contributed by atoms with Crippen molar-refractivity contribution in [3.8, 4) is 0 Å². The Labute approximate surface area is 126 Å². The fraction of sp³-hybridized carbons (Fsp3) is 0.625. The number of carbonyl (C=O) groups is 1. The van der Waals surface area contributed by atoms with E-state index in [2.05, 4.69) is 29.8 Å². The quantitative estimate of drug-likeness (QED) is 0.833. The van der Waals surface area contributed by atoms with Gasteiger partial charge in [0.25, 0.3) is 0 Å². The molecule has 1 aromatic rings.